The molecule has 262 valence electrons. The van der Waals surface area contributed by atoms with E-state index in [-0.39, 0.29) is 37.3 Å². The molecule has 12 nitrogen and oxygen atoms in total. The van der Waals surface area contributed by atoms with Crippen LogP contribution in [0.3, 0.4) is 0 Å². The standard InChI is InChI=1S/C35H48FN5O7/c1-23-6-8-30(43)20-33(45)48-34(24(2)7-9-31(23)47-35(46)38-26(4)22-42)25(3)16-27-17-28(36)19-29(18-27)39-12-14-40(15-13-39)32(44)21-41-11-5-10-37-41/h5,7,9-11,16-19,23-24,26,30-31,34,42-43H,6,8,12-15,20-22H2,1-4H3,(H,38,46)/b9-7-,25-16+/t23-,24+,26-,30-,31-,34+/m0/s1. The van der Waals surface area contributed by atoms with Gasteiger partial charge < -0.3 is 34.8 Å². The van der Waals surface area contributed by atoms with Gasteiger partial charge in [-0.1, -0.05) is 26.0 Å². The lowest BCUT2D eigenvalue weighted by Gasteiger charge is -2.36. The zero-order chi connectivity index (χ0) is 34.8. The van der Waals surface area contributed by atoms with Crippen LogP contribution < -0.4 is 10.2 Å². The van der Waals surface area contributed by atoms with Crippen molar-refractivity contribution in [1.29, 1.82) is 0 Å². The number of aliphatic hydroxyl groups is 2. The number of rotatable bonds is 8. The Morgan fingerprint density at radius 2 is 1.92 bits per heavy atom. The molecule has 13 heteroatoms. The first-order valence-corrected chi connectivity index (χ1v) is 16.5. The molecule has 2 aliphatic rings. The summed E-state index contributed by atoms with van der Waals surface area (Å²) >= 11 is 0. The summed E-state index contributed by atoms with van der Waals surface area (Å²) in [7, 11) is 0. The number of aliphatic hydroxyl groups excluding tert-OH is 2. The summed E-state index contributed by atoms with van der Waals surface area (Å²) in [4.78, 5) is 41.9. The molecule has 2 amide bonds. The molecule has 4 rings (SSSR count). The molecule has 1 fully saturated rings. The van der Waals surface area contributed by atoms with E-state index in [1.807, 2.05) is 30.9 Å². The maximum Gasteiger partial charge on any atom is 0.408 e. The van der Waals surface area contributed by atoms with Gasteiger partial charge in [0.05, 0.1) is 25.2 Å². The number of nitrogens with zero attached hydrogens (tertiary/aromatic N) is 4. The molecule has 3 heterocycles. The summed E-state index contributed by atoms with van der Waals surface area (Å²) < 4.78 is 28.1. The highest BCUT2D eigenvalue weighted by Crippen LogP contribution is 2.27. The topological polar surface area (TPSA) is 146 Å². The summed E-state index contributed by atoms with van der Waals surface area (Å²) in [6.07, 6.45) is 6.42. The second-order valence-electron chi connectivity index (χ2n) is 12.9. The number of nitrogens with one attached hydrogen (secondary N) is 1. The van der Waals surface area contributed by atoms with Crippen molar-refractivity contribution in [2.75, 3.05) is 37.7 Å². The van der Waals surface area contributed by atoms with Crippen molar-refractivity contribution in [3.05, 3.63) is 65.8 Å². The van der Waals surface area contributed by atoms with Crippen molar-refractivity contribution < 1.29 is 38.5 Å². The molecule has 0 radical (unpaired) electrons. The fraction of sp³-hybridized carbons (Fsp3) is 0.543. The number of hydrogen-bond acceptors (Lipinski definition) is 9. The molecular weight excluding hydrogens is 621 g/mol. The maximum absolute atomic E-state index is 14.9. The minimum atomic E-state index is -0.931. The van der Waals surface area contributed by atoms with E-state index < -0.39 is 42.2 Å². The lowest BCUT2D eigenvalue weighted by atomic mass is 9.91. The predicted octanol–water partition coefficient (Wildman–Crippen LogP) is 3.53. The molecule has 0 unspecified atom stereocenters. The first-order valence-electron chi connectivity index (χ1n) is 16.5. The van der Waals surface area contributed by atoms with Crippen molar-refractivity contribution in [3.63, 3.8) is 0 Å². The van der Waals surface area contributed by atoms with Gasteiger partial charge in [-0.05, 0) is 74.1 Å². The minimum Gasteiger partial charge on any atom is -0.457 e. The molecule has 3 N–H and O–H groups in total. The number of amides is 2. The van der Waals surface area contributed by atoms with Gasteiger partial charge >= 0.3 is 12.1 Å². The van der Waals surface area contributed by atoms with Crippen molar-refractivity contribution in [2.24, 2.45) is 11.8 Å². The van der Waals surface area contributed by atoms with E-state index in [4.69, 9.17) is 9.47 Å². The third-order valence-electron chi connectivity index (χ3n) is 8.74. The van der Waals surface area contributed by atoms with Crippen LogP contribution in [-0.4, -0.2) is 100 Å². The van der Waals surface area contributed by atoms with Crippen molar-refractivity contribution in [3.8, 4) is 0 Å². The van der Waals surface area contributed by atoms with Crippen LogP contribution in [0.4, 0.5) is 14.9 Å². The lowest BCUT2D eigenvalue weighted by molar-refractivity contribution is -0.151. The number of cyclic esters (lactones) is 1. The van der Waals surface area contributed by atoms with Crippen LogP contribution in [-0.2, 0) is 25.6 Å². The second kappa shape index (κ2) is 17.3. The number of benzene rings is 1. The second-order valence-corrected chi connectivity index (χ2v) is 12.9. The van der Waals surface area contributed by atoms with Crippen molar-refractivity contribution in [1.82, 2.24) is 20.0 Å². The third-order valence-corrected chi connectivity index (χ3v) is 8.74. The molecule has 6 atom stereocenters. The number of hydrogen-bond donors (Lipinski definition) is 3. The van der Waals surface area contributed by atoms with Gasteiger partial charge in [0.15, 0.2) is 0 Å². The van der Waals surface area contributed by atoms with Crippen LogP contribution in [0, 0.1) is 17.7 Å². The van der Waals surface area contributed by atoms with E-state index >= 15 is 0 Å². The SMILES string of the molecule is C/C(=C\c1cc(F)cc(N2CCN(C(=O)Cn3cccn3)CC2)c1)[C@@H]1OC(=O)C[C@@H](O)CC[C@H](C)[C@@H](OC(=O)N[C@@H](C)CO)/C=C\[C@H]1C. The highest BCUT2D eigenvalue weighted by molar-refractivity contribution is 5.76. The summed E-state index contributed by atoms with van der Waals surface area (Å²) in [5.41, 5.74) is 1.93. The van der Waals surface area contributed by atoms with Crippen LogP contribution >= 0.6 is 0 Å². The highest BCUT2D eigenvalue weighted by Gasteiger charge is 2.28. The number of ether oxygens (including phenoxy) is 2. The van der Waals surface area contributed by atoms with E-state index in [9.17, 15) is 29.0 Å². The molecule has 2 aromatic rings. The van der Waals surface area contributed by atoms with Gasteiger partial charge in [0.1, 0.15) is 24.6 Å². The monoisotopic (exact) mass is 669 g/mol. The average molecular weight is 670 g/mol. The fourth-order valence-corrected chi connectivity index (χ4v) is 5.91. The Hall–Kier alpha value is -4.23. The van der Waals surface area contributed by atoms with Gasteiger partial charge in [-0.15, -0.1) is 0 Å². The molecule has 0 spiro atoms. The van der Waals surface area contributed by atoms with E-state index in [1.54, 1.807) is 54.0 Å². The minimum absolute atomic E-state index is 0.0222. The van der Waals surface area contributed by atoms with E-state index in [0.29, 0.717) is 55.8 Å². The molecule has 0 bridgehead atoms. The Bertz CT molecular complexity index is 1440. The number of halogens is 1. The molecular formula is C35H48FN5O7. The van der Waals surface area contributed by atoms with Crippen LogP contribution in [0.2, 0.25) is 0 Å². The molecule has 1 aromatic heterocycles. The Labute approximate surface area is 281 Å². The van der Waals surface area contributed by atoms with Gasteiger partial charge in [0.25, 0.3) is 0 Å². The van der Waals surface area contributed by atoms with Crippen LogP contribution in [0.15, 0.2) is 54.4 Å². The third kappa shape index (κ3) is 10.6. The summed E-state index contributed by atoms with van der Waals surface area (Å²) in [5, 5.41) is 26.5. The number of esters is 1. The van der Waals surface area contributed by atoms with E-state index in [1.165, 1.54) is 12.1 Å². The molecule has 2 aliphatic heterocycles. The number of carbonyl (C=O) groups excluding carboxylic acids is 3. The van der Waals surface area contributed by atoms with Crippen molar-refractivity contribution >= 4 is 29.7 Å². The molecule has 0 saturated carbocycles. The molecule has 1 saturated heterocycles. The summed E-state index contributed by atoms with van der Waals surface area (Å²) in [5.74, 6) is -1.51. The lowest BCUT2D eigenvalue weighted by Crippen LogP contribution is -2.49. The quantitative estimate of drug-likeness (QED) is 0.284. The van der Waals surface area contributed by atoms with E-state index in [0.717, 1.165) is 0 Å². The molecule has 1 aromatic carbocycles. The number of alkyl carbamates (subject to hydrolysis) is 1. The van der Waals surface area contributed by atoms with Gasteiger partial charge in [0.2, 0.25) is 5.91 Å². The molecule has 48 heavy (non-hydrogen) atoms. The number of anilines is 1. The van der Waals surface area contributed by atoms with Crippen LogP contribution in [0.5, 0.6) is 0 Å². The Morgan fingerprint density at radius 3 is 2.60 bits per heavy atom. The molecule has 0 aliphatic carbocycles. The highest BCUT2D eigenvalue weighted by atomic mass is 19.1. The Morgan fingerprint density at radius 1 is 1.17 bits per heavy atom. The van der Waals surface area contributed by atoms with Gasteiger partial charge in [0, 0.05) is 50.2 Å². The predicted molar refractivity (Wildman–Crippen MR) is 178 cm³/mol. The van der Waals surface area contributed by atoms with E-state index in [2.05, 4.69) is 10.4 Å². The van der Waals surface area contributed by atoms with Crippen molar-refractivity contribution in [2.45, 2.75) is 77.9 Å². The summed E-state index contributed by atoms with van der Waals surface area (Å²) in [6, 6.07) is 6.04. The van der Waals surface area contributed by atoms with Crippen LogP contribution in [0.1, 0.15) is 52.5 Å². The van der Waals surface area contributed by atoms with Crippen LogP contribution in [0.25, 0.3) is 6.08 Å². The zero-order valence-electron chi connectivity index (χ0n) is 28.1. The Kier molecular flexibility index (Phi) is 13.2. The van der Waals surface area contributed by atoms with Gasteiger partial charge in [-0.3, -0.25) is 14.3 Å². The number of aromatic nitrogens is 2. The van der Waals surface area contributed by atoms with Gasteiger partial charge in [-0.25, -0.2) is 9.18 Å². The first-order chi connectivity index (χ1) is 22.9. The fourth-order valence-electron chi connectivity index (χ4n) is 5.91. The maximum atomic E-state index is 14.9. The number of piperazine rings is 1. The Balaban J connectivity index is 1.50. The normalized spacial score (nSPS) is 25.7. The number of carbonyl (C=O) groups is 3. The largest absolute Gasteiger partial charge is 0.457 e. The average Bonchev–Trinajstić information content (AvgIpc) is 3.56. The first kappa shape index (κ1) is 36.6. The smallest absolute Gasteiger partial charge is 0.408 e. The van der Waals surface area contributed by atoms with Gasteiger partial charge in [-0.2, -0.15) is 5.10 Å². The summed E-state index contributed by atoms with van der Waals surface area (Å²) in [6.45, 7) is 9.26. The zero-order valence-corrected chi connectivity index (χ0v) is 28.1.